The van der Waals surface area contributed by atoms with Gasteiger partial charge >= 0.3 is 5.97 Å². The highest BCUT2D eigenvalue weighted by atomic mass is 16.5. The Morgan fingerprint density at radius 1 is 1.57 bits per heavy atom. The highest BCUT2D eigenvalue weighted by Gasteiger charge is 2.52. The van der Waals surface area contributed by atoms with Gasteiger partial charge in [-0.3, -0.25) is 9.59 Å². The largest absolute Gasteiger partial charge is 0.465 e. The average molecular weight is 292 g/mol. The molecule has 4 nitrogen and oxygen atoms in total. The number of ketones is 1. The molecule has 0 aromatic heterocycles. The molecule has 1 N–H and O–H groups in total. The number of carbonyl (C=O) groups excluding carboxylic acids is 2. The van der Waals surface area contributed by atoms with Crippen molar-refractivity contribution in [2.24, 2.45) is 17.3 Å². The highest BCUT2D eigenvalue weighted by molar-refractivity contribution is 5.95. The van der Waals surface area contributed by atoms with Gasteiger partial charge < -0.3 is 9.84 Å². The number of aliphatic hydroxyl groups is 1. The highest BCUT2D eigenvalue weighted by Crippen LogP contribution is 2.56. The maximum atomic E-state index is 12.3. The Hall–Kier alpha value is -1.42. The number of hydrogen-bond donors (Lipinski definition) is 1. The van der Waals surface area contributed by atoms with E-state index in [1.54, 1.807) is 0 Å². The van der Waals surface area contributed by atoms with Crippen molar-refractivity contribution in [1.29, 1.82) is 0 Å². The second-order valence-corrected chi connectivity index (χ2v) is 6.56. The smallest absolute Gasteiger partial charge is 0.302 e. The summed E-state index contributed by atoms with van der Waals surface area (Å²) in [6.45, 7) is 7.78. The molecule has 2 rings (SSSR count). The molecule has 3 unspecified atom stereocenters. The first kappa shape index (κ1) is 16.0. The number of Topliss-reactive ketones (excluding diaryl/α,β-unsaturated/α-hetero) is 1. The Morgan fingerprint density at radius 3 is 2.90 bits per heavy atom. The van der Waals surface area contributed by atoms with Gasteiger partial charge in [0.1, 0.15) is 0 Å². The van der Waals surface area contributed by atoms with Crippen LogP contribution in [-0.4, -0.2) is 30.1 Å². The van der Waals surface area contributed by atoms with Gasteiger partial charge in [0.25, 0.3) is 0 Å². The predicted octanol–water partition coefficient (Wildman–Crippen LogP) is 2.42. The van der Waals surface area contributed by atoms with Crippen molar-refractivity contribution in [3.05, 3.63) is 23.8 Å². The first-order valence-electron chi connectivity index (χ1n) is 7.51. The average Bonchev–Trinajstić information content (AvgIpc) is 2.47. The van der Waals surface area contributed by atoms with Crippen LogP contribution in [0.2, 0.25) is 0 Å². The molecular weight excluding hydrogens is 268 g/mol. The summed E-state index contributed by atoms with van der Waals surface area (Å²) < 4.78 is 5.18. The zero-order valence-corrected chi connectivity index (χ0v) is 12.9. The van der Waals surface area contributed by atoms with Crippen LogP contribution in [0.5, 0.6) is 0 Å². The van der Waals surface area contributed by atoms with Crippen LogP contribution in [0.3, 0.4) is 0 Å². The lowest BCUT2D eigenvalue weighted by atomic mass is 9.51. The summed E-state index contributed by atoms with van der Waals surface area (Å²) in [5.74, 6) is 0.186. The Balaban J connectivity index is 2.16. The van der Waals surface area contributed by atoms with Gasteiger partial charge in [0.2, 0.25) is 0 Å². The van der Waals surface area contributed by atoms with Crippen LogP contribution in [0.1, 0.15) is 39.5 Å². The first-order chi connectivity index (χ1) is 9.87. The zero-order chi connectivity index (χ0) is 15.6. The normalized spacial score (nSPS) is 33.0. The van der Waals surface area contributed by atoms with E-state index in [1.165, 1.54) is 12.5 Å². The van der Waals surface area contributed by atoms with E-state index >= 15 is 0 Å². The van der Waals surface area contributed by atoms with Crippen LogP contribution in [0, 0.1) is 17.3 Å². The SMILES string of the molecule is C=C1CCC=C(CO)C(=O)CC2C1CC2(C)COC(C)=O. The Bertz CT molecular complexity index is 491. The zero-order valence-electron chi connectivity index (χ0n) is 12.9. The molecule has 0 aromatic carbocycles. The molecule has 2 aliphatic carbocycles. The van der Waals surface area contributed by atoms with Gasteiger partial charge in [0.05, 0.1) is 13.2 Å². The molecule has 0 bridgehead atoms. The number of aliphatic hydroxyl groups excluding tert-OH is 1. The molecule has 3 atom stereocenters. The Kier molecular flexibility index (Phi) is 4.67. The van der Waals surface area contributed by atoms with E-state index < -0.39 is 0 Å². The van der Waals surface area contributed by atoms with E-state index in [4.69, 9.17) is 4.74 Å². The van der Waals surface area contributed by atoms with Gasteiger partial charge in [-0.05, 0) is 31.1 Å². The minimum atomic E-state index is -0.288. The Labute approximate surface area is 125 Å². The van der Waals surface area contributed by atoms with Crippen molar-refractivity contribution >= 4 is 11.8 Å². The molecule has 0 aliphatic heterocycles. The van der Waals surface area contributed by atoms with Gasteiger partial charge in [0, 0.05) is 24.3 Å². The van der Waals surface area contributed by atoms with Gasteiger partial charge in [-0.2, -0.15) is 0 Å². The van der Waals surface area contributed by atoms with Crippen molar-refractivity contribution in [1.82, 2.24) is 0 Å². The monoisotopic (exact) mass is 292 g/mol. The number of rotatable bonds is 3. The van der Waals surface area contributed by atoms with E-state index in [2.05, 4.69) is 13.5 Å². The molecular formula is C17H24O4. The van der Waals surface area contributed by atoms with Crippen LogP contribution in [0.4, 0.5) is 0 Å². The molecule has 1 saturated carbocycles. The van der Waals surface area contributed by atoms with Crippen molar-refractivity contribution in [2.45, 2.75) is 39.5 Å². The predicted molar refractivity (Wildman–Crippen MR) is 79.5 cm³/mol. The summed E-state index contributed by atoms with van der Waals surface area (Å²) in [4.78, 5) is 23.4. The number of ether oxygens (including phenoxy) is 1. The van der Waals surface area contributed by atoms with Crippen molar-refractivity contribution in [2.75, 3.05) is 13.2 Å². The van der Waals surface area contributed by atoms with Gasteiger partial charge in [0.15, 0.2) is 5.78 Å². The summed E-state index contributed by atoms with van der Waals surface area (Å²) in [6.07, 6.45) is 4.74. The van der Waals surface area contributed by atoms with Gasteiger partial charge in [-0.15, -0.1) is 0 Å². The van der Waals surface area contributed by atoms with E-state index in [0.717, 1.165) is 19.3 Å². The molecule has 0 saturated heterocycles. The van der Waals surface area contributed by atoms with Crippen LogP contribution >= 0.6 is 0 Å². The second-order valence-electron chi connectivity index (χ2n) is 6.56. The maximum absolute atomic E-state index is 12.3. The molecule has 4 heteroatoms. The minimum absolute atomic E-state index is 0.0101. The Morgan fingerprint density at radius 2 is 2.29 bits per heavy atom. The van der Waals surface area contributed by atoms with E-state index in [0.29, 0.717) is 24.5 Å². The maximum Gasteiger partial charge on any atom is 0.302 e. The van der Waals surface area contributed by atoms with Crippen LogP contribution < -0.4 is 0 Å². The third-order valence-electron chi connectivity index (χ3n) is 4.99. The molecule has 21 heavy (non-hydrogen) atoms. The molecule has 1 fully saturated rings. The van der Waals surface area contributed by atoms with Crippen molar-refractivity contribution < 1.29 is 19.4 Å². The van der Waals surface area contributed by atoms with Crippen molar-refractivity contribution in [3.63, 3.8) is 0 Å². The molecule has 2 aliphatic rings. The van der Waals surface area contributed by atoms with E-state index in [1.807, 2.05) is 6.08 Å². The number of carbonyl (C=O) groups is 2. The molecule has 0 radical (unpaired) electrons. The lowest BCUT2D eigenvalue weighted by Gasteiger charge is -2.53. The van der Waals surface area contributed by atoms with Crippen molar-refractivity contribution in [3.8, 4) is 0 Å². The first-order valence-corrected chi connectivity index (χ1v) is 7.51. The fourth-order valence-electron chi connectivity index (χ4n) is 3.59. The molecule has 0 amide bonds. The lowest BCUT2D eigenvalue weighted by Crippen LogP contribution is -2.50. The number of fused-ring (bicyclic) bond motifs is 1. The van der Waals surface area contributed by atoms with Gasteiger partial charge in [-0.25, -0.2) is 0 Å². The fraction of sp³-hybridized carbons (Fsp3) is 0.647. The van der Waals surface area contributed by atoms with E-state index in [-0.39, 0.29) is 29.7 Å². The van der Waals surface area contributed by atoms with E-state index in [9.17, 15) is 14.7 Å². The summed E-state index contributed by atoms with van der Waals surface area (Å²) in [5, 5.41) is 9.33. The molecule has 0 heterocycles. The minimum Gasteiger partial charge on any atom is -0.465 e. The molecule has 0 spiro atoms. The third-order valence-corrected chi connectivity index (χ3v) is 4.99. The molecule has 116 valence electrons. The fourth-order valence-corrected chi connectivity index (χ4v) is 3.59. The topological polar surface area (TPSA) is 63.6 Å². The lowest BCUT2D eigenvalue weighted by molar-refractivity contribution is -0.153. The van der Waals surface area contributed by atoms with Crippen LogP contribution in [-0.2, 0) is 14.3 Å². The quantitative estimate of drug-likeness (QED) is 0.641. The van der Waals surface area contributed by atoms with Crippen LogP contribution in [0.15, 0.2) is 23.8 Å². The molecule has 0 aromatic rings. The van der Waals surface area contributed by atoms with Crippen LogP contribution in [0.25, 0.3) is 0 Å². The third kappa shape index (κ3) is 3.26. The van der Waals surface area contributed by atoms with Gasteiger partial charge in [-0.1, -0.05) is 25.2 Å². The summed E-state index contributed by atoms with van der Waals surface area (Å²) >= 11 is 0. The summed E-state index contributed by atoms with van der Waals surface area (Å²) in [5.41, 5.74) is 1.51. The summed E-state index contributed by atoms with van der Waals surface area (Å²) in [7, 11) is 0. The number of allylic oxidation sites excluding steroid dienone is 2. The standard InChI is InChI=1S/C17H24O4/c1-11-5-4-6-13(9-18)16(20)7-15-14(11)8-17(15,3)10-21-12(2)19/h6,14-15,18H,1,4-5,7-10H2,2-3H3. The number of hydrogen-bond acceptors (Lipinski definition) is 4. The second kappa shape index (κ2) is 6.14. The number of esters is 1. The summed E-state index contributed by atoms with van der Waals surface area (Å²) in [6, 6.07) is 0.